The summed E-state index contributed by atoms with van der Waals surface area (Å²) < 4.78 is 1.88. The van der Waals surface area contributed by atoms with Crippen molar-refractivity contribution in [3.63, 3.8) is 0 Å². The van der Waals surface area contributed by atoms with Crippen LogP contribution in [0.3, 0.4) is 0 Å². The number of hydrogen-bond acceptors (Lipinski definition) is 5. The number of aromatic nitrogens is 4. The van der Waals surface area contributed by atoms with Gasteiger partial charge in [-0.2, -0.15) is 9.61 Å². The monoisotopic (exact) mass is 293 g/mol. The summed E-state index contributed by atoms with van der Waals surface area (Å²) in [6.07, 6.45) is 6.41. The molecular formula is C14H23N5S. The molecule has 1 atom stereocenters. The lowest BCUT2D eigenvalue weighted by atomic mass is 9.84. The van der Waals surface area contributed by atoms with Crippen molar-refractivity contribution in [3.05, 3.63) is 10.8 Å². The van der Waals surface area contributed by atoms with Gasteiger partial charge in [-0.05, 0) is 18.8 Å². The second-order valence-electron chi connectivity index (χ2n) is 6.83. The van der Waals surface area contributed by atoms with Crippen molar-refractivity contribution in [2.24, 2.45) is 11.7 Å². The smallest absolute Gasteiger partial charge is 0.234 e. The van der Waals surface area contributed by atoms with Gasteiger partial charge in [-0.3, -0.25) is 0 Å². The zero-order valence-corrected chi connectivity index (χ0v) is 13.3. The molecule has 0 amide bonds. The Labute approximate surface area is 123 Å². The third-order valence-electron chi connectivity index (χ3n) is 4.12. The van der Waals surface area contributed by atoms with E-state index in [1.165, 1.54) is 32.1 Å². The van der Waals surface area contributed by atoms with Crippen LogP contribution in [0.15, 0.2) is 0 Å². The van der Waals surface area contributed by atoms with E-state index in [1.54, 1.807) is 11.3 Å². The van der Waals surface area contributed by atoms with Gasteiger partial charge in [-0.15, -0.1) is 10.2 Å². The van der Waals surface area contributed by atoms with E-state index < -0.39 is 0 Å². The Morgan fingerprint density at radius 2 is 1.90 bits per heavy atom. The van der Waals surface area contributed by atoms with Crippen molar-refractivity contribution in [2.45, 2.75) is 64.3 Å². The first-order chi connectivity index (χ1) is 9.47. The summed E-state index contributed by atoms with van der Waals surface area (Å²) in [4.78, 5) is 0.858. The van der Waals surface area contributed by atoms with Gasteiger partial charge < -0.3 is 5.73 Å². The highest BCUT2D eigenvalue weighted by molar-refractivity contribution is 7.16. The third kappa shape index (κ3) is 2.46. The van der Waals surface area contributed by atoms with E-state index >= 15 is 0 Å². The Morgan fingerprint density at radius 3 is 2.55 bits per heavy atom. The van der Waals surface area contributed by atoms with Gasteiger partial charge in [0, 0.05) is 5.41 Å². The van der Waals surface area contributed by atoms with Crippen LogP contribution >= 0.6 is 11.3 Å². The Bertz CT molecular complexity index is 588. The zero-order chi connectivity index (χ0) is 14.3. The number of nitrogens with two attached hydrogens (primary N) is 1. The van der Waals surface area contributed by atoms with Gasteiger partial charge in [-0.1, -0.05) is 51.4 Å². The van der Waals surface area contributed by atoms with Crippen molar-refractivity contribution in [2.75, 3.05) is 0 Å². The number of rotatable bonds is 2. The molecule has 2 aromatic heterocycles. The highest BCUT2D eigenvalue weighted by atomic mass is 32.1. The van der Waals surface area contributed by atoms with E-state index in [0.29, 0.717) is 5.92 Å². The van der Waals surface area contributed by atoms with Gasteiger partial charge in [0.05, 0.1) is 6.04 Å². The summed E-state index contributed by atoms with van der Waals surface area (Å²) in [5.74, 6) is 1.48. The molecule has 0 radical (unpaired) electrons. The fourth-order valence-electron chi connectivity index (χ4n) is 2.93. The van der Waals surface area contributed by atoms with Crippen LogP contribution in [-0.4, -0.2) is 19.8 Å². The molecule has 1 aliphatic rings. The molecule has 1 aliphatic carbocycles. The minimum absolute atomic E-state index is 0.0508. The van der Waals surface area contributed by atoms with Crippen LogP contribution in [0, 0.1) is 5.92 Å². The van der Waals surface area contributed by atoms with Crippen molar-refractivity contribution in [1.82, 2.24) is 19.8 Å². The quantitative estimate of drug-likeness (QED) is 0.924. The maximum atomic E-state index is 6.44. The highest BCUT2D eigenvalue weighted by Gasteiger charge is 2.28. The van der Waals surface area contributed by atoms with Crippen molar-refractivity contribution in [1.29, 1.82) is 0 Å². The molecule has 2 N–H and O–H groups in total. The summed E-state index contributed by atoms with van der Waals surface area (Å²) in [5, 5.41) is 14.2. The maximum absolute atomic E-state index is 6.44. The molecule has 0 saturated heterocycles. The number of hydrogen-bond donors (Lipinski definition) is 1. The fraction of sp³-hybridized carbons (Fsp3) is 0.786. The largest absolute Gasteiger partial charge is 0.322 e. The standard InChI is InChI=1S/C14H23N5S/c1-14(2,3)12-16-17-13-19(12)18-11(20-13)10(15)9-7-5-4-6-8-9/h9-10H,4-8,15H2,1-3H3. The Balaban J connectivity index is 1.91. The minimum atomic E-state index is -0.0559. The average Bonchev–Trinajstić information content (AvgIpc) is 2.97. The third-order valence-corrected chi connectivity index (χ3v) is 5.12. The number of nitrogens with zero attached hydrogens (tertiary/aromatic N) is 4. The van der Waals surface area contributed by atoms with Crippen LogP contribution in [0.4, 0.5) is 0 Å². The molecule has 20 heavy (non-hydrogen) atoms. The van der Waals surface area contributed by atoms with Gasteiger partial charge in [-0.25, -0.2) is 0 Å². The topological polar surface area (TPSA) is 69.1 Å². The summed E-state index contributed by atoms with van der Waals surface area (Å²) in [6.45, 7) is 6.39. The molecule has 0 bridgehead atoms. The van der Waals surface area contributed by atoms with Gasteiger partial charge in [0.25, 0.3) is 0 Å². The molecule has 110 valence electrons. The van der Waals surface area contributed by atoms with E-state index in [1.807, 2.05) is 4.52 Å². The summed E-state index contributed by atoms with van der Waals surface area (Å²) in [6, 6.07) is 0.0508. The molecule has 3 rings (SSSR count). The predicted octanol–water partition coefficient (Wildman–Crippen LogP) is 3.06. The first-order valence-electron chi connectivity index (χ1n) is 7.45. The van der Waals surface area contributed by atoms with E-state index in [2.05, 4.69) is 31.0 Å². The molecular weight excluding hydrogens is 270 g/mol. The first kappa shape index (κ1) is 13.9. The lowest BCUT2D eigenvalue weighted by Gasteiger charge is -2.25. The molecule has 1 fully saturated rings. The molecule has 0 aromatic carbocycles. The Hall–Kier alpha value is -1.01. The van der Waals surface area contributed by atoms with Crippen LogP contribution in [0.25, 0.3) is 4.96 Å². The fourth-order valence-corrected chi connectivity index (χ4v) is 3.86. The average molecular weight is 293 g/mol. The van der Waals surface area contributed by atoms with Crippen molar-refractivity contribution < 1.29 is 0 Å². The summed E-state index contributed by atoms with van der Waals surface area (Å²) in [7, 11) is 0. The van der Waals surface area contributed by atoms with Crippen molar-refractivity contribution >= 4 is 16.3 Å². The molecule has 1 saturated carbocycles. The molecule has 2 heterocycles. The normalized spacial score (nSPS) is 19.6. The molecule has 2 aromatic rings. The minimum Gasteiger partial charge on any atom is -0.322 e. The first-order valence-corrected chi connectivity index (χ1v) is 8.26. The second kappa shape index (κ2) is 5.07. The van der Waals surface area contributed by atoms with E-state index in [4.69, 9.17) is 10.8 Å². The summed E-state index contributed by atoms with van der Waals surface area (Å²) in [5.41, 5.74) is 6.38. The lowest BCUT2D eigenvalue weighted by Crippen LogP contribution is -2.24. The van der Waals surface area contributed by atoms with E-state index in [0.717, 1.165) is 15.8 Å². The molecule has 1 unspecified atom stereocenters. The van der Waals surface area contributed by atoms with E-state index in [-0.39, 0.29) is 11.5 Å². The van der Waals surface area contributed by atoms with Crippen LogP contribution in [0.1, 0.15) is 69.7 Å². The van der Waals surface area contributed by atoms with Crippen LogP contribution < -0.4 is 5.73 Å². The molecule has 0 aliphatic heterocycles. The van der Waals surface area contributed by atoms with Crippen LogP contribution in [0.2, 0.25) is 0 Å². The predicted molar refractivity (Wildman–Crippen MR) is 80.9 cm³/mol. The van der Waals surface area contributed by atoms with Gasteiger partial charge in [0.2, 0.25) is 4.96 Å². The van der Waals surface area contributed by atoms with Gasteiger partial charge in [0.1, 0.15) is 5.01 Å². The van der Waals surface area contributed by atoms with E-state index in [9.17, 15) is 0 Å². The maximum Gasteiger partial charge on any atom is 0.234 e. The lowest BCUT2D eigenvalue weighted by molar-refractivity contribution is 0.306. The Kier molecular flexibility index (Phi) is 3.54. The van der Waals surface area contributed by atoms with Gasteiger partial charge in [0.15, 0.2) is 5.82 Å². The Morgan fingerprint density at radius 1 is 1.20 bits per heavy atom. The number of fused-ring (bicyclic) bond motifs is 1. The molecule has 6 heteroatoms. The summed E-state index contributed by atoms with van der Waals surface area (Å²) >= 11 is 1.59. The van der Waals surface area contributed by atoms with Crippen molar-refractivity contribution in [3.8, 4) is 0 Å². The SMILES string of the molecule is CC(C)(C)c1nnc2sc(C(N)C3CCCCC3)nn12. The second-order valence-corrected chi connectivity index (χ2v) is 7.82. The zero-order valence-electron chi connectivity index (χ0n) is 12.5. The van der Waals surface area contributed by atoms with Crippen LogP contribution in [-0.2, 0) is 5.41 Å². The van der Waals surface area contributed by atoms with Crippen LogP contribution in [0.5, 0.6) is 0 Å². The highest BCUT2D eigenvalue weighted by Crippen LogP contribution is 2.35. The molecule has 5 nitrogen and oxygen atoms in total. The molecule has 0 spiro atoms. The van der Waals surface area contributed by atoms with Gasteiger partial charge >= 0.3 is 0 Å².